The minimum atomic E-state index is -0.277. The fourth-order valence-electron chi connectivity index (χ4n) is 3.75. The number of hydrogen-bond acceptors (Lipinski definition) is 7. The number of ether oxygens (including phenoxy) is 1. The molecule has 0 amide bonds. The Bertz CT molecular complexity index is 1320. The Kier molecular flexibility index (Phi) is 34.8. The van der Waals surface area contributed by atoms with Gasteiger partial charge in [-0.15, -0.1) is 0 Å². The molecule has 44 heavy (non-hydrogen) atoms. The van der Waals surface area contributed by atoms with Gasteiger partial charge in [0.05, 0.1) is 17.9 Å². The third kappa shape index (κ3) is 18.2. The second-order valence-corrected chi connectivity index (χ2v) is 9.14. The summed E-state index contributed by atoms with van der Waals surface area (Å²) in [5.41, 5.74) is 7.47. The summed E-state index contributed by atoms with van der Waals surface area (Å²) in [6, 6.07) is 26.3. The number of rotatable bonds is 5. The zero-order chi connectivity index (χ0) is 31.2. The Labute approximate surface area is 356 Å². The van der Waals surface area contributed by atoms with Crippen LogP contribution in [0.2, 0.25) is 0 Å². The number of hydrogen-bond donors (Lipinski definition) is 0. The van der Waals surface area contributed by atoms with Crippen molar-refractivity contribution in [3.05, 3.63) is 107 Å². The first-order valence-electron chi connectivity index (χ1n) is 12.6. The topological polar surface area (TPSA) is 120 Å². The minimum absolute atomic E-state index is 0. The third-order valence-electron chi connectivity index (χ3n) is 5.24. The Morgan fingerprint density at radius 3 is 1.57 bits per heavy atom. The zero-order valence-corrected chi connectivity index (χ0v) is 34.0. The van der Waals surface area contributed by atoms with E-state index in [1.807, 2.05) is 64.1 Å². The summed E-state index contributed by atoms with van der Waals surface area (Å²) in [5, 5.41) is 9.49. The van der Waals surface area contributed by atoms with Gasteiger partial charge in [-0.2, -0.15) is 9.59 Å². The van der Waals surface area contributed by atoms with Crippen molar-refractivity contribution in [2.24, 2.45) is 0 Å². The quantitative estimate of drug-likeness (QED) is 0.0730. The molecule has 0 aliphatic heterocycles. The Morgan fingerprint density at radius 1 is 0.818 bits per heavy atom. The number of carbonyl (C=O) groups excluding carboxylic acids is 4. The number of carbonyl (C=O) groups is 2. The van der Waals surface area contributed by atoms with Gasteiger partial charge in [0.25, 0.3) is 6.47 Å². The SMILES string of the molecule is C.CCBr.CCOC(=O)c1ccccc1-n1c(C)ccc1C.Cc1ccc(C)n1-c1ccccc1.O=C=O.O=CO[O-].[H-].[K+].[K+]. The molecule has 0 spiro atoms. The van der Waals surface area contributed by atoms with E-state index in [1.165, 1.54) is 17.1 Å². The molecule has 0 N–H and O–H groups in total. The van der Waals surface area contributed by atoms with E-state index >= 15 is 0 Å². The van der Waals surface area contributed by atoms with Crippen molar-refractivity contribution in [2.75, 3.05) is 11.9 Å². The second-order valence-electron chi connectivity index (χ2n) is 8.02. The number of aromatic nitrogens is 2. The molecule has 0 aliphatic carbocycles. The fraction of sp³-hybridized carbons (Fsp3) is 0.281. The van der Waals surface area contributed by atoms with Gasteiger partial charge >= 0.3 is 115 Å². The van der Waals surface area contributed by atoms with Crippen LogP contribution >= 0.6 is 15.9 Å². The van der Waals surface area contributed by atoms with E-state index in [9.17, 15) is 4.79 Å². The molecule has 0 atom stereocenters. The van der Waals surface area contributed by atoms with Crippen molar-refractivity contribution < 1.29 is 138 Å². The Hall–Kier alpha value is -0.967. The summed E-state index contributed by atoms with van der Waals surface area (Å²) < 4.78 is 9.41. The van der Waals surface area contributed by atoms with Crippen LogP contribution in [-0.4, -0.2) is 39.7 Å². The van der Waals surface area contributed by atoms with Crippen LogP contribution in [0.3, 0.4) is 0 Å². The average Bonchev–Trinajstić information content (AvgIpc) is 3.49. The third-order valence-corrected chi connectivity index (χ3v) is 5.24. The van der Waals surface area contributed by atoms with Crippen molar-refractivity contribution in [1.82, 2.24) is 9.13 Å². The Morgan fingerprint density at radius 2 is 1.18 bits per heavy atom. The standard InChI is InChI=1S/C15H17NO2.C12H13N.C2H5Br.CH2O3.CO2.CH4.2K.H/c1-4-18-15(17)13-7-5-6-8-14(13)16-11(2)9-10-12(16)3;1-10-8-9-11(2)13(10)12-6-4-3-5-7-12;1-2-3;2-1-4-3;2-1-3;;;;/h5-10H,4H2,1-3H3;3-9H,1-2H3;2H2,1H3;1,3H;;1H4;;;/q;;;;;;2*+1;-1/p-1. The fourth-order valence-corrected chi connectivity index (χ4v) is 3.75. The zero-order valence-electron chi connectivity index (χ0n) is 27.1. The maximum atomic E-state index is 11.9. The summed E-state index contributed by atoms with van der Waals surface area (Å²) in [6.45, 7) is 12.4. The molecule has 4 aromatic rings. The predicted molar refractivity (Wildman–Crippen MR) is 166 cm³/mol. The van der Waals surface area contributed by atoms with Crippen LogP contribution in [0.4, 0.5) is 0 Å². The number of aryl methyl sites for hydroxylation is 4. The number of para-hydroxylation sites is 2. The largest absolute Gasteiger partial charge is 1.00 e. The van der Waals surface area contributed by atoms with Gasteiger partial charge < -0.3 is 25.4 Å². The average molecular weight is 724 g/mol. The smallest absolute Gasteiger partial charge is 1.00 e. The first-order chi connectivity index (χ1) is 19.7. The summed E-state index contributed by atoms with van der Waals surface area (Å²) in [6.07, 6.45) is 0.250. The molecule has 0 bridgehead atoms. The monoisotopic (exact) mass is 722 g/mol. The van der Waals surface area contributed by atoms with E-state index in [4.69, 9.17) is 24.4 Å². The molecule has 2 aromatic heterocycles. The van der Waals surface area contributed by atoms with E-state index in [2.05, 4.69) is 80.2 Å². The van der Waals surface area contributed by atoms with Crippen LogP contribution in [0.5, 0.6) is 0 Å². The predicted octanol–water partition coefficient (Wildman–Crippen LogP) is 0.374. The van der Waals surface area contributed by atoms with Gasteiger partial charge in [0.2, 0.25) is 0 Å². The summed E-state index contributed by atoms with van der Waals surface area (Å²) in [7, 11) is 0. The molecule has 2 aromatic carbocycles. The van der Waals surface area contributed by atoms with E-state index in [1.54, 1.807) is 6.07 Å². The molecule has 0 unspecified atom stereocenters. The number of alkyl halides is 1. The van der Waals surface area contributed by atoms with E-state index < -0.39 is 0 Å². The first kappa shape index (κ1) is 49.9. The molecule has 9 nitrogen and oxygen atoms in total. The number of esters is 1. The van der Waals surface area contributed by atoms with Crippen LogP contribution in [0.1, 0.15) is 55.8 Å². The van der Waals surface area contributed by atoms with Crippen molar-refractivity contribution in [3.8, 4) is 11.4 Å². The second kappa shape index (κ2) is 30.7. The maximum absolute atomic E-state index is 11.9. The van der Waals surface area contributed by atoms with Crippen LogP contribution in [0, 0.1) is 27.7 Å². The van der Waals surface area contributed by atoms with Crippen LogP contribution in [-0.2, 0) is 24.0 Å². The van der Waals surface area contributed by atoms with E-state index in [0.29, 0.717) is 12.2 Å². The molecule has 0 saturated carbocycles. The number of nitrogens with zero attached hydrogens (tertiary/aromatic N) is 2. The molecular weight excluding hydrogens is 682 g/mol. The molecule has 0 aliphatic rings. The Balaban J connectivity index is -0.000000175. The molecule has 2 heterocycles. The number of benzene rings is 2. The minimum Gasteiger partial charge on any atom is -1.00 e. The molecule has 12 heteroatoms. The van der Waals surface area contributed by atoms with Crippen molar-refractivity contribution >= 4 is 34.5 Å². The first-order valence-corrected chi connectivity index (χ1v) is 13.7. The van der Waals surface area contributed by atoms with E-state index in [0.717, 1.165) is 22.4 Å². The van der Waals surface area contributed by atoms with Gasteiger partial charge in [-0.1, -0.05) is 60.6 Å². The summed E-state index contributed by atoms with van der Waals surface area (Å²) in [5.74, 6) is -0.277. The van der Waals surface area contributed by atoms with Crippen molar-refractivity contribution in [3.63, 3.8) is 0 Å². The van der Waals surface area contributed by atoms with E-state index in [-0.39, 0.29) is 130 Å². The van der Waals surface area contributed by atoms with Gasteiger partial charge in [0.1, 0.15) is 0 Å². The summed E-state index contributed by atoms with van der Waals surface area (Å²) in [4.78, 5) is 39.4. The molecule has 230 valence electrons. The molecule has 0 radical (unpaired) electrons. The molecule has 0 fully saturated rings. The van der Waals surface area contributed by atoms with Gasteiger partial charge in [-0.05, 0) is 83.1 Å². The van der Waals surface area contributed by atoms with Crippen molar-refractivity contribution in [2.45, 2.75) is 49.0 Å². The maximum Gasteiger partial charge on any atom is 1.00 e. The number of halogens is 1. The van der Waals surface area contributed by atoms with Crippen LogP contribution in [0.15, 0.2) is 78.9 Å². The van der Waals surface area contributed by atoms with Gasteiger partial charge in [-0.3, -0.25) is 4.79 Å². The molecular formula is C32H41BrK2N2O7. The van der Waals surface area contributed by atoms with Crippen molar-refractivity contribution in [1.29, 1.82) is 0 Å². The van der Waals surface area contributed by atoms with Crippen LogP contribution < -0.4 is 108 Å². The van der Waals surface area contributed by atoms with Gasteiger partial charge in [-0.25, -0.2) is 4.79 Å². The van der Waals surface area contributed by atoms with Gasteiger partial charge in [0, 0.05) is 33.8 Å². The normalized spacial score (nSPS) is 8.36. The molecule has 4 rings (SSSR count). The van der Waals surface area contributed by atoms with Gasteiger partial charge in [0.15, 0.2) is 0 Å². The summed E-state index contributed by atoms with van der Waals surface area (Å²) >= 11 is 3.15. The molecule has 0 saturated heterocycles. The van der Waals surface area contributed by atoms with Crippen LogP contribution in [0.25, 0.3) is 11.4 Å².